The average molecular weight is 249 g/mol. The highest BCUT2D eigenvalue weighted by molar-refractivity contribution is 5.97. The number of likely N-dealkylation sites (N-methyl/N-ethyl adjacent to an activating group) is 1. The number of benzene rings is 1. The van der Waals surface area contributed by atoms with Crippen LogP contribution < -0.4 is 20.7 Å². The lowest BCUT2D eigenvalue weighted by Crippen LogP contribution is -2.35. The van der Waals surface area contributed by atoms with Crippen LogP contribution in [0.25, 0.3) is 0 Å². The van der Waals surface area contributed by atoms with Crippen LogP contribution in [-0.2, 0) is 11.2 Å². The van der Waals surface area contributed by atoms with Gasteiger partial charge in [0.05, 0.1) is 5.69 Å². The molecule has 1 aliphatic rings. The minimum Gasteiger partial charge on any atom is -0.482 e. The zero-order valence-corrected chi connectivity index (χ0v) is 10.6. The molecule has 3 N–H and O–H groups in total. The zero-order valence-electron chi connectivity index (χ0n) is 10.6. The number of amides is 1. The van der Waals surface area contributed by atoms with Crippen LogP contribution in [0.3, 0.4) is 0 Å². The van der Waals surface area contributed by atoms with Crippen LogP contribution in [-0.4, -0.2) is 39.2 Å². The molecule has 0 fully saturated rings. The van der Waals surface area contributed by atoms with Gasteiger partial charge in [-0.2, -0.15) is 0 Å². The topological polar surface area (TPSA) is 67.6 Å². The fourth-order valence-corrected chi connectivity index (χ4v) is 1.93. The summed E-state index contributed by atoms with van der Waals surface area (Å²) in [5.41, 5.74) is 7.44. The summed E-state index contributed by atoms with van der Waals surface area (Å²) in [6.07, 6.45) is 0.912. The van der Waals surface area contributed by atoms with E-state index in [1.54, 1.807) is 11.9 Å². The van der Waals surface area contributed by atoms with Crippen LogP contribution in [0.4, 0.5) is 5.69 Å². The first-order chi connectivity index (χ1) is 8.72. The molecule has 0 aliphatic carbocycles. The quantitative estimate of drug-likeness (QED) is 0.728. The third kappa shape index (κ3) is 2.80. The molecule has 1 aromatic rings. The molecule has 1 aliphatic heterocycles. The van der Waals surface area contributed by atoms with Crippen molar-refractivity contribution >= 4 is 11.6 Å². The maximum absolute atomic E-state index is 11.5. The number of ether oxygens (including phenoxy) is 1. The van der Waals surface area contributed by atoms with Crippen molar-refractivity contribution in [1.29, 1.82) is 0 Å². The Balaban J connectivity index is 2.04. The molecule has 1 amide bonds. The molecule has 98 valence electrons. The van der Waals surface area contributed by atoms with Gasteiger partial charge in [0.1, 0.15) is 5.75 Å². The maximum Gasteiger partial charge on any atom is 0.264 e. The first-order valence-electron chi connectivity index (χ1n) is 6.15. The minimum absolute atomic E-state index is 0.0130. The van der Waals surface area contributed by atoms with Gasteiger partial charge in [-0.25, -0.2) is 0 Å². The van der Waals surface area contributed by atoms with E-state index in [0.29, 0.717) is 6.54 Å². The lowest BCUT2D eigenvalue weighted by Gasteiger charge is -2.26. The predicted octanol–water partition coefficient (Wildman–Crippen LogP) is 0.133. The highest BCUT2D eigenvalue weighted by atomic mass is 16.5. The molecule has 0 spiro atoms. The largest absolute Gasteiger partial charge is 0.482 e. The number of hydrogen-bond acceptors (Lipinski definition) is 4. The molecule has 5 nitrogen and oxygen atoms in total. The van der Waals surface area contributed by atoms with Gasteiger partial charge in [-0.3, -0.25) is 4.79 Å². The highest BCUT2D eigenvalue weighted by Crippen LogP contribution is 2.31. The molecule has 0 saturated carbocycles. The summed E-state index contributed by atoms with van der Waals surface area (Å²) in [6.45, 7) is 2.48. The molecule has 1 heterocycles. The van der Waals surface area contributed by atoms with Crippen LogP contribution >= 0.6 is 0 Å². The standard InChI is InChI=1S/C13H19N3O2/c1-16-11-8-10(4-6-15-7-5-14)2-3-12(11)18-9-13(16)17/h2-3,8,15H,4-7,9,14H2,1H3. The average Bonchev–Trinajstić information content (AvgIpc) is 2.39. The van der Waals surface area contributed by atoms with Gasteiger partial charge in [-0.15, -0.1) is 0 Å². The van der Waals surface area contributed by atoms with Crippen LogP contribution in [0.5, 0.6) is 5.75 Å². The summed E-state index contributed by atoms with van der Waals surface area (Å²) in [6, 6.07) is 5.97. The van der Waals surface area contributed by atoms with Crippen LogP contribution in [0, 0.1) is 0 Å². The van der Waals surface area contributed by atoms with Crippen molar-refractivity contribution in [2.24, 2.45) is 5.73 Å². The Hall–Kier alpha value is -1.59. The van der Waals surface area contributed by atoms with E-state index in [0.717, 1.165) is 30.9 Å². The summed E-state index contributed by atoms with van der Waals surface area (Å²) >= 11 is 0. The van der Waals surface area contributed by atoms with E-state index in [1.807, 2.05) is 18.2 Å². The number of anilines is 1. The van der Waals surface area contributed by atoms with Crippen molar-refractivity contribution in [2.45, 2.75) is 6.42 Å². The molecule has 0 aromatic heterocycles. The third-order valence-corrected chi connectivity index (χ3v) is 3.02. The molecule has 0 saturated heterocycles. The zero-order chi connectivity index (χ0) is 13.0. The van der Waals surface area contributed by atoms with Crippen LogP contribution in [0.2, 0.25) is 0 Å². The molecule has 5 heteroatoms. The van der Waals surface area contributed by atoms with E-state index < -0.39 is 0 Å². The van der Waals surface area contributed by atoms with Crippen LogP contribution in [0.15, 0.2) is 18.2 Å². The Morgan fingerprint density at radius 3 is 3.06 bits per heavy atom. The molecule has 0 bridgehead atoms. The fraction of sp³-hybridized carbons (Fsp3) is 0.462. The predicted molar refractivity (Wildman–Crippen MR) is 71.0 cm³/mol. The molecule has 1 aromatic carbocycles. The Labute approximate surface area is 107 Å². The third-order valence-electron chi connectivity index (χ3n) is 3.02. The van der Waals surface area contributed by atoms with Crippen molar-refractivity contribution in [2.75, 3.05) is 38.2 Å². The maximum atomic E-state index is 11.5. The van der Waals surface area contributed by atoms with Crippen molar-refractivity contribution in [3.8, 4) is 5.75 Å². The number of nitrogens with one attached hydrogen (secondary N) is 1. The van der Waals surface area contributed by atoms with Gasteiger partial charge >= 0.3 is 0 Å². The number of nitrogens with zero attached hydrogens (tertiary/aromatic N) is 1. The number of hydrogen-bond donors (Lipinski definition) is 2. The highest BCUT2D eigenvalue weighted by Gasteiger charge is 2.21. The Morgan fingerprint density at radius 1 is 1.44 bits per heavy atom. The SMILES string of the molecule is CN1C(=O)COc2ccc(CCNCCN)cc21. The van der Waals surface area contributed by atoms with Crippen molar-refractivity contribution in [3.63, 3.8) is 0 Å². The second-order valence-corrected chi connectivity index (χ2v) is 4.33. The van der Waals surface area contributed by atoms with Crippen molar-refractivity contribution in [1.82, 2.24) is 5.32 Å². The normalized spacial score (nSPS) is 14.3. The van der Waals surface area contributed by atoms with Gasteiger partial charge in [0.25, 0.3) is 5.91 Å². The van der Waals surface area contributed by atoms with Gasteiger partial charge in [0.2, 0.25) is 0 Å². The summed E-state index contributed by atoms with van der Waals surface area (Å²) < 4.78 is 5.38. The Bertz CT molecular complexity index is 434. The summed E-state index contributed by atoms with van der Waals surface area (Å²) in [5, 5.41) is 3.25. The summed E-state index contributed by atoms with van der Waals surface area (Å²) in [4.78, 5) is 13.2. The fourth-order valence-electron chi connectivity index (χ4n) is 1.93. The molecule has 0 unspecified atom stereocenters. The Kier molecular flexibility index (Phi) is 4.17. The van der Waals surface area contributed by atoms with Gasteiger partial charge in [-0.1, -0.05) is 6.07 Å². The van der Waals surface area contributed by atoms with Gasteiger partial charge in [0, 0.05) is 20.1 Å². The van der Waals surface area contributed by atoms with E-state index in [-0.39, 0.29) is 12.5 Å². The molecular formula is C13H19N3O2. The van der Waals surface area contributed by atoms with Gasteiger partial charge in [0.15, 0.2) is 6.61 Å². The van der Waals surface area contributed by atoms with Crippen LogP contribution in [0.1, 0.15) is 5.56 Å². The number of carbonyl (C=O) groups is 1. The lowest BCUT2D eigenvalue weighted by atomic mass is 10.1. The van der Waals surface area contributed by atoms with Crippen molar-refractivity contribution < 1.29 is 9.53 Å². The molecule has 2 rings (SSSR count). The van der Waals surface area contributed by atoms with E-state index in [4.69, 9.17) is 10.5 Å². The van der Waals surface area contributed by atoms with Gasteiger partial charge < -0.3 is 20.7 Å². The number of fused-ring (bicyclic) bond motifs is 1. The second kappa shape index (κ2) is 5.84. The number of nitrogens with two attached hydrogens (primary N) is 1. The second-order valence-electron chi connectivity index (χ2n) is 4.33. The van der Waals surface area contributed by atoms with E-state index in [2.05, 4.69) is 5.32 Å². The molecule has 0 atom stereocenters. The molecule has 0 radical (unpaired) electrons. The van der Waals surface area contributed by atoms with E-state index >= 15 is 0 Å². The molecule has 18 heavy (non-hydrogen) atoms. The minimum atomic E-state index is -0.0130. The van der Waals surface area contributed by atoms with Gasteiger partial charge in [-0.05, 0) is 30.7 Å². The molecular weight excluding hydrogens is 230 g/mol. The first kappa shape index (κ1) is 12.9. The monoisotopic (exact) mass is 249 g/mol. The van der Waals surface area contributed by atoms with E-state index in [1.165, 1.54) is 5.56 Å². The lowest BCUT2D eigenvalue weighted by molar-refractivity contribution is -0.120. The smallest absolute Gasteiger partial charge is 0.264 e. The summed E-state index contributed by atoms with van der Waals surface area (Å²) in [7, 11) is 1.78. The number of carbonyl (C=O) groups excluding carboxylic acids is 1. The van der Waals surface area contributed by atoms with Crippen molar-refractivity contribution in [3.05, 3.63) is 23.8 Å². The first-order valence-corrected chi connectivity index (χ1v) is 6.15. The number of rotatable bonds is 5. The Morgan fingerprint density at radius 2 is 2.28 bits per heavy atom. The van der Waals surface area contributed by atoms with E-state index in [9.17, 15) is 4.79 Å². The summed E-state index contributed by atoms with van der Waals surface area (Å²) in [5.74, 6) is 0.761.